The van der Waals surface area contributed by atoms with E-state index in [1.807, 2.05) is 17.5 Å². The van der Waals surface area contributed by atoms with Crippen molar-refractivity contribution < 1.29 is 13.8 Å². The summed E-state index contributed by atoms with van der Waals surface area (Å²) < 4.78 is 10.5. The Kier molecular flexibility index (Phi) is 6.03. The Bertz CT molecular complexity index is 926. The van der Waals surface area contributed by atoms with Crippen molar-refractivity contribution in [3.63, 3.8) is 0 Å². The maximum atomic E-state index is 12.7. The molecule has 0 unspecified atom stereocenters. The van der Waals surface area contributed by atoms with E-state index in [9.17, 15) is 4.79 Å². The highest BCUT2D eigenvalue weighted by atomic mass is 32.1. The van der Waals surface area contributed by atoms with E-state index in [0.29, 0.717) is 42.7 Å². The van der Waals surface area contributed by atoms with Gasteiger partial charge in [0.05, 0.1) is 4.88 Å². The van der Waals surface area contributed by atoms with Gasteiger partial charge in [0, 0.05) is 19.8 Å². The van der Waals surface area contributed by atoms with Crippen molar-refractivity contribution in [2.75, 3.05) is 0 Å². The fourth-order valence-corrected chi connectivity index (χ4v) is 4.47. The zero-order chi connectivity index (χ0) is 20.1. The van der Waals surface area contributed by atoms with Crippen molar-refractivity contribution in [2.24, 2.45) is 0 Å². The van der Waals surface area contributed by atoms with Crippen molar-refractivity contribution >= 4 is 17.2 Å². The Morgan fingerprint density at radius 3 is 2.69 bits per heavy atom. The predicted molar refractivity (Wildman–Crippen MR) is 107 cm³/mol. The van der Waals surface area contributed by atoms with Crippen LogP contribution in [0.1, 0.15) is 69.0 Å². The number of rotatable bonds is 7. The van der Waals surface area contributed by atoms with Gasteiger partial charge in [-0.05, 0) is 30.7 Å². The zero-order valence-electron chi connectivity index (χ0n) is 16.5. The Labute approximate surface area is 173 Å². The molecular formula is C20H25N5O3S. The second-order valence-corrected chi connectivity index (χ2v) is 8.47. The van der Waals surface area contributed by atoms with Crippen molar-refractivity contribution in [3.05, 3.63) is 35.1 Å². The van der Waals surface area contributed by atoms with Crippen LogP contribution in [-0.4, -0.2) is 26.2 Å². The highest BCUT2D eigenvalue weighted by Gasteiger charge is 2.38. The molecule has 1 amide bonds. The fraction of sp³-hybridized carbons (Fsp3) is 0.550. The smallest absolute Gasteiger partial charge is 0.226 e. The number of hydrogen-bond donors (Lipinski definition) is 1. The largest absolute Gasteiger partial charge is 0.343 e. The summed E-state index contributed by atoms with van der Waals surface area (Å²) in [4.78, 5) is 22.5. The van der Waals surface area contributed by atoms with E-state index in [0.717, 1.165) is 43.4 Å². The standard InChI is InChI=1S/C20H25N5O3S/c1-14-21-19(25-27-14)20(11-4-2-3-5-12-20)23-16(26)9-6-10-17-22-18(24-28-17)15-8-7-13-29-15/h7-8,13H,2-6,9-12H2,1H3,(H,23,26). The number of carbonyl (C=O) groups is 1. The third kappa shape index (κ3) is 4.72. The highest BCUT2D eigenvalue weighted by Crippen LogP contribution is 2.34. The van der Waals surface area contributed by atoms with Crippen LogP contribution in [0.3, 0.4) is 0 Å². The molecule has 9 heteroatoms. The first-order chi connectivity index (χ1) is 14.1. The molecule has 0 radical (unpaired) electrons. The van der Waals surface area contributed by atoms with Gasteiger partial charge in [0.1, 0.15) is 5.54 Å². The molecule has 0 aromatic carbocycles. The van der Waals surface area contributed by atoms with E-state index in [1.54, 1.807) is 18.3 Å². The molecule has 3 aromatic heterocycles. The summed E-state index contributed by atoms with van der Waals surface area (Å²) in [6.07, 6.45) is 7.69. The normalized spacial score (nSPS) is 16.4. The van der Waals surface area contributed by atoms with Crippen LogP contribution in [0, 0.1) is 6.92 Å². The highest BCUT2D eigenvalue weighted by molar-refractivity contribution is 7.13. The third-order valence-corrected chi connectivity index (χ3v) is 6.16. The molecule has 0 atom stereocenters. The lowest BCUT2D eigenvalue weighted by Gasteiger charge is -2.30. The van der Waals surface area contributed by atoms with Crippen molar-refractivity contribution in [1.82, 2.24) is 25.6 Å². The van der Waals surface area contributed by atoms with Gasteiger partial charge in [0.15, 0.2) is 5.82 Å². The number of aryl methyl sites for hydroxylation is 2. The molecule has 0 saturated heterocycles. The molecular weight excluding hydrogens is 390 g/mol. The number of nitrogens with one attached hydrogen (secondary N) is 1. The molecule has 1 N–H and O–H groups in total. The first-order valence-corrected chi connectivity index (χ1v) is 11.0. The minimum Gasteiger partial charge on any atom is -0.343 e. The number of hydrogen-bond acceptors (Lipinski definition) is 8. The predicted octanol–water partition coefficient (Wildman–Crippen LogP) is 4.18. The number of nitrogens with zero attached hydrogens (tertiary/aromatic N) is 4. The van der Waals surface area contributed by atoms with Crippen LogP contribution >= 0.6 is 11.3 Å². The van der Waals surface area contributed by atoms with Gasteiger partial charge in [-0.2, -0.15) is 9.97 Å². The molecule has 4 rings (SSSR count). The summed E-state index contributed by atoms with van der Waals surface area (Å²) >= 11 is 1.57. The average molecular weight is 416 g/mol. The molecule has 29 heavy (non-hydrogen) atoms. The molecule has 1 aliphatic rings. The molecule has 154 valence electrons. The molecule has 1 fully saturated rings. The van der Waals surface area contributed by atoms with Crippen LogP contribution in [0.5, 0.6) is 0 Å². The van der Waals surface area contributed by atoms with E-state index in [1.165, 1.54) is 0 Å². The maximum Gasteiger partial charge on any atom is 0.226 e. The lowest BCUT2D eigenvalue weighted by molar-refractivity contribution is -0.123. The van der Waals surface area contributed by atoms with Gasteiger partial charge in [-0.25, -0.2) is 0 Å². The molecule has 0 spiro atoms. The minimum atomic E-state index is -0.526. The molecule has 1 saturated carbocycles. The number of carbonyl (C=O) groups excluding carboxylic acids is 1. The van der Waals surface area contributed by atoms with Gasteiger partial charge in [0.25, 0.3) is 0 Å². The zero-order valence-corrected chi connectivity index (χ0v) is 17.3. The molecule has 3 heterocycles. The van der Waals surface area contributed by atoms with E-state index >= 15 is 0 Å². The van der Waals surface area contributed by atoms with E-state index in [-0.39, 0.29) is 5.91 Å². The number of aromatic nitrogens is 4. The summed E-state index contributed by atoms with van der Waals surface area (Å²) in [7, 11) is 0. The molecule has 0 aliphatic heterocycles. The van der Waals surface area contributed by atoms with Crippen LogP contribution in [0.2, 0.25) is 0 Å². The van der Waals surface area contributed by atoms with Crippen LogP contribution in [-0.2, 0) is 16.8 Å². The lowest BCUT2D eigenvalue weighted by Crippen LogP contribution is -2.46. The summed E-state index contributed by atoms with van der Waals surface area (Å²) in [6.45, 7) is 1.78. The fourth-order valence-electron chi connectivity index (χ4n) is 3.82. The van der Waals surface area contributed by atoms with Gasteiger partial charge in [-0.3, -0.25) is 4.79 Å². The molecule has 0 bridgehead atoms. The number of thiophene rings is 1. The Balaban J connectivity index is 1.35. The van der Waals surface area contributed by atoms with Gasteiger partial charge in [0.2, 0.25) is 23.5 Å². The van der Waals surface area contributed by atoms with Gasteiger partial charge in [-0.1, -0.05) is 42.1 Å². The van der Waals surface area contributed by atoms with Crippen molar-refractivity contribution in [1.29, 1.82) is 0 Å². The number of amides is 1. The van der Waals surface area contributed by atoms with Crippen LogP contribution in [0.15, 0.2) is 26.6 Å². The van der Waals surface area contributed by atoms with E-state index in [2.05, 4.69) is 25.6 Å². The van der Waals surface area contributed by atoms with Crippen LogP contribution < -0.4 is 5.32 Å². The Morgan fingerprint density at radius 2 is 2.00 bits per heavy atom. The SMILES string of the molecule is Cc1nc(C2(NC(=O)CCCc3nc(-c4cccs4)no3)CCCCCC2)no1. The summed E-state index contributed by atoms with van der Waals surface area (Å²) in [6, 6.07) is 3.91. The second kappa shape index (κ2) is 8.86. The van der Waals surface area contributed by atoms with E-state index in [4.69, 9.17) is 9.05 Å². The first-order valence-electron chi connectivity index (χ1n) is 10.1. The van der Waals surface area contributed by atoms with Crippen LogP contribution in [0.4, 0.5) is 0 Å². The third-order valence-electron chi connectivity index (χ3n) is 5.30. The average Bonchev–Trinajstić information content (AvgIpc) is 3.43. The second-order valence-electron chi connectivity index (χ2n) is 7.52. The molecule has 3 aromatic rings. The summed E-state index contributed by atoms with van der Waals surface area (Å²) in [5.41, 5.74) is -0.526. The molecule has 8 nitrogen and oxygen atoms in total. The van der Waals surface area contributed by atoms with E-state index < -0.39 is 5.54 Å². The topological polar surface area (TPSA) is 107 Å². The lowest BCUT2D eigenvalue weighted by atomic mass is 9.89. The van der Waals surface area contributed by atoms with Gasteiger partial charge >= 0.3 is 0 Å². The summed E-state index contributed by atoms with van der Waals surface area (Å²) in [5.74, 6) is 2.27. The summed E-state index contributed by atoms with van der Waals surface area (Å²) in [5, 5.41) is 13.3. The van der Waals surface area contributed by atoms with Gasteiger partial charge in [-0.15, -0.1) is 11.3 Å². The Hall–Kier alpha value is -2.55. The van der Waals surface area contributed by atoms with Crippen molar-refractivity contribution in [2.45, 2.75) is 70.3 Å². The minimum absolute atomic E-state index is 0.00708. The quantitative estimate of drug-likeness (QED) is 0.577. The van der Waals surface area contributed by atoms with Crippen LogP contribution in [0.25, 0.3) is 10.7 Å². The van der Waals surface area contributed by atoms with Crippen molar-refractivity contribution in [3.8, 4) is 10.7 Å². The molecule has 1 aliphatic carbocycles. The monoisotopic (exact) mass is 415 g/mol. The first kappa shape index (κ1) is 19.8. The maximum absolute atomic E-state index is 12.7. The Morgan fingerprint density at radius 1 is 1.17 bits per heavy atom. The van der Waals surface area contributed by atoms with Gasteiger partial charge < -0.3 is 14.4 Å².